The van der Waals surface area contributed by atoms with Crippen molar-refractivity contribution in [1.82, 2.24) is 14.7 Å². The summed E-state index contributed by atoms with van der Waals surface area (Å²) < 4.78 is 51.9. The summed E-state index contributed by atoms with van der Waals surface area (Å²) in [5.41, 5.74) is 6.69. The fourth-order valence-electron chi connectivity index (χ4n) is 5.01. The van der Waals surface area contributed by atoms with Crippen molar-refractivity contribution in [3.8, 4) is 0 Å². The molecule has 32 heavy (non-hydrogen) atoms. The zero-order valence-electron chi connectivity index (χ0n) is 17.2. The lowest BCUT2D eigenvalue weighted by atomic mass is 10.1. The predicted octanol–water partition coefficient (Wildman–Crippen LogP) is 1.06. The van der Waals surface area contributed by atoms with Crippen LogP contribution in [0.25, 0.3) is 0 Å². The Balaban J connectivity index is 1.36. The van der Waals surface area contributed by atoms with Crippen LogP contribution in [0, 0.1) is 5.82 Å². The quantitative estimate of drug-likeness (QED) is 0.647. The maximum Gasteiger partial charge on any atom is 0.452 e. The van der Waals surface area contributed by atoms with E-state index < -0.39 is 36.0 Å². The highest BCUT2D eigenvalue weighted by Gasteiger charge is 2.51. The predicted molar refractivity (Wildman–Crippen MR) is 104 cm³/mol. The molecule has 3 aliphatic rings. The normalized spacial score (nSPS) is 26.8. The van der Waals surface area contributed by atoms with E-state index in [1.807, 2.05) is 0 Å². The molecule has 2 amide bonds. The topological polar surface area (TPSA) is 86.9 Å². The lowest BCUT2D eigenvalue weighted by Gasteiger charge is -2.35. The third-order valence-electron chi connectivity index (χ3n) is 6.50. The van der Waals surface area contributed by atoms with E-state index in [-0.39, 0.29) is 43.8 Å². The third kappa shape index (κ3) is 4.23. The maximum atomic E-state index is 13.4. The van der Waals surface area contributed by atoms with Gasteiger partial charge in [-0.05, 0) is 37.0 Å². The van der Waals surface area contributed by atoms with Crippen LogP contribution in [0.1, 0.15) is 24.8 Å². The highest BCUT2D eigenvalue weighted by molar-refractivity contribution is 5.94. The first-order chi connectivity index (χ1) is 15.1. The van der Waals surface area contributed by atoms with E-state index in [4.69, 9.17) is 5.73 Å². The molecule has 4 atom stereocenters. The summed E-state index contributed by atoms with van der Waals surface area (Å²) in [7, 11) is 0. The van der Waals surface area contributed by atoms with E-state index in [0.29, 0.717) is 24.9 Å². The molecule has 1 aromatic carbocycles. The molecule has 4 rings (SSSR count). The molecule has 0 aromatic heterocycles. The van der Waals surface area contributed by atoms with Gasteiger partial charge in [-0.1, -0.05) is 12.1 Å². The Labute approximate surface area is 182 Å². The van der Waals surface area contributed by atoms with E-state index in [9.17, 15) is 31.9 Å². The van der Waals surface area contributed by atoms with Crippen molar-refractivity contribution >= 4 is 17.6 Å². The lowest BCUT2D eigenvalue weighted by molar-refractivity contribution is -0.177. The molecule has 3 saturated heterocycles. The second kappa shape index (κ2) is 8.43. The van der Waals surface area contributed by atoms with Crippen molar-refractivity contribution in [2.75, 3.05) is 19.6 Å². The zero-order chi connectivity index (χ0) is 23.2. The minimum absolute atomic E-state index is 0.0168. The summed E-state index contributed by atoms with van der Waals surface area (Å²) in [6.45, 7) is 0.817. The summed E-state index contributed by atoms with van der Waals surface area (Å²) in [6, 6.07) is 2.77. The number of ketones is 1. The van der Waals surface area contributed by atoms with Gasteiger partial charge >= 0.3 is 6.18 Å². The van der Waals surface area contributed by atoms with Crippen LogP contribution in [0.2, 0.25) is 0 Å². The first-order valence-corrected chi connectivity index (χ1v) is 10.5. The SMILES string of the molecule is N[C@@H](CN1C[C@@H]2C[C@H]1C(=O)N2Cc1cccc(F)c1)C(=O)N1CCCC1C(=O)C(F)(F)F. The zero-order valence-corrected chi connectivity index (χ0v) is 17.2. The number of alkyl halides is 3. The monoisotopic (exact) mass is 456 g/mol. The molecule has 11 heteroatoms. The number of nitrogens with zero attached hydrogens (tertiary/aromatic N) is 3. The molecule has 3 aliphatic heterocycles. The van der Waals surface area contributed by atoms with Gasteiger partial charge < -0.3 is 15.5 Å². The molecule has 7 nitrogen and oxygen atoms in total. The minimum Gasteiger partial charge on any atom is -0.333 e. The van der Waals surface area contributed by atoms with Gasteiger partial charge in [0.25, 0.3) is 5.78 Å². The number of carbonyl (C=O) groups is 3. The van der Waals surface area contributed by atoms with Gasteiger partial charge in [-0.2, -0.15) is 13.2 Å². The van der Waals surface area contributed by atoms with Crippen molar-refractivity contribution in [3.63, 3.8) is 0 Å². The summed E-state index contributed by atoms with van der Waals surface area (Å²) in [5, 5.41) is 0. The molecule has 174 valence electrons. The number of piperazine rings is 1. The number of carbonyl (C=O) groups excluding carboxylic acids is 3. The Hall–Kier alpha value is -2.53. The van der Waals surface area contributed by atoms with Crippen LogP contribution in [-0.2, 0) is 20.9 Å². The smallest absolute Gasteiger partial charge is 0.333 e. The number of rotatable bonds is 6. The molecule has 2 bridgehead atoms. The molecule has 3 fully saturated rings. The molecular weight excluding hydrogens is 432 g/mol. The standard InChI is InChI=1S/C21H24F4N4O3/c22-13-4-1-3-12(7-13)9-29-14-8-17(20(29)32)27(10-14)11-15(26)19(31)28-6-2-5-16(28)18(30)21(23,24)25/h1,3-4,7,14-17H,2,5-6,8-11,26H2/t14-,15-,16?,17-/m0/s1. The summed E-state index contributed by atoms with van der Waals surface area (Å²) in [5.74, 6) is -3.16. The lowest BCUT2D eigenvalue weighted by Crippen LogP contribution is -2.57. The number of likely N-dealkylation sites (tertiary alicyclic amines) is 3. The number of fused-ring (bicyclic) bond motifs is 2. The van der Waals surface area contributed by atoms with Gasteiger partial charge in [0, 0.05) is 32.2 Å². The van der Waals surface area contributed by atoms with Crippen LogP contribution in [0.5, 0.6) is 0 Å². The van der Waals surface area contributed by atoms with E-state index in [1.165, 1.54) is 12.1 Å². The average molecular weight is 456 g/mol. The Morgan fingerprint density at radius 1 is 1.25 bits per heavy atom. The molecule has 1 aromatic rings. The van der Waals surface area contributed by atoms with Crippen molar-refractivity contribution < 1.29 is 31.9 Å². The Morgan fingerprint density at radius 3 is 2.66 bits per heavy atom. The fraction of sp³-hybridized carbons (Fsp3) is 0.571. The van der Waals surface area contributed by atoms with Gasteiger partial charge in [-0.3, -0.25) is 19.3 Å². The Morgan fingerprint density at radius 2 is 2.00 bits per heavy atom. The van der Waals surface area contributed by atoms with Crippen LogP contribution in [0.4, 0.5) is 17.6 Å². The van der Waals surface area contributed by atoms with E-state index in [2.05, 4.69) is 0 Å². The largest absolute Gasteiger partial charge is 0.452 e. The van der Waals surface area contributed by atoms with Crippen LogP contribution in [0.3, 0.4) is 0 Å². The first kappa shape index (κ1) is 22.7. The Bertz CT molecular complexity index is 925. The van der Waals surface area contributed by atoms with Crippen LogP contribution >= 0.6 is 0 Å². The summed E-state index contributed by atoms with van der Waals surface area (Å²) in [6.07, 6.45) is -4.21. The molecule has 0 radical (unpaired) electrons. The fourth-order valence-corrected chi connectivity index (χ4v) is 5.01. The van der Waals surface area contributed by atoms with Crippen molar-refractivity contribution in [2.45, 2.75) is 56.2 Å². The van der Waals surface area contributed by atoms with Crippen molar-refractivity contribution in [1.29, 1.82) is 0 Å². The molecule has 2 N–H and O–H groups in total. The van der Waals surface area contributed by atoms with E-state index >= 15 is 0 Å². The third-order valence-corrected chi connectivity index (χ3v) is 6.50. The van der Waals surface area contributed by atoms with Gasteiger partial charge in [0.2, 0.25) is 11.8 Å². The molecular formula is C21H24F4N4O3. The molecule has 1 unspecified atom stereocenters. The maximum absolute atomic E-state index is 13.4. The Kier molecular flexibility index (Phi) is 5.97. The van der Waals surface area contributed by atoms with Gasteiger partial charge in [0.1, 0.15) is 5.82 Å². The van der Waals surface area contributed by atoms with Crippen LogP contribution in [-0.4, -0.2) is 82.3 Å². The molecule has 3 heterocycles. The number of hydrogen-bond acceptors (Lipinski definition) is 5. The van der Waals surface area contributed by atoms with Gasteiger partial charge in [0.15, 0.2) is 0 Å². The second-order valence-electron chi connectivity index (χ2n) is 8.61. The van der Waals surface area contributed by atoms with Crippen LogP contribution in [0.15, 0.2) is 24.3 Å². The number of amides is 2. The van der Waals surface area contributed by atoms with Crippen molar-refractivity contribution in [2.24, 2.45) is 5.73 Å². The first-order valence-electron chi connectivity index (χ1n) is 10.5. The summed E-state index contributed by atoms with van der Waals surface area (Å²) in [4.78, 5) is 41.6. The number of benzene rings is 1. The van der Waals surface area contributed by atoms with E-state index in [1.54, 1.807) is 21.9 Å². The number of nitrogens with two attached hydrogens (primary N) is 1. The van der Waals surface area contributed by atoms with E-state index in [0.717, 1.165) is 4.90 Å². The highest BCUT2D eigenvalue weighted by Crippen LogP contribution is 2.33. The average Bonchev–Trinajstić information content (AvgIpc) is 3.43. The number of hydrogen-bond donors (Lipinski definition) is 1. The highest BCUT2D eigenvalue weighted by atomic mass is 19.4. The van der Waals surface area contributed by atoms with Crippen LogP contribution < -0.4 is 5.73 Å². The minimum atomic E-state index is -5.01. The van der Waals surface area contributed by atoms with Gasteiger partial charge in [-0.25, -0.2) is 4.39 Å². The molecule has 0 saturated carbocycles. The van der Waals surface area contributed by atoms with Gasteiger partial charge in [-0.15, -0.1) is 0 Å². The van der Waals surface area contributed by atoms with Gasteiger partial charge in [0.05, 0.1) is 18.1 Å². The molecule has 0 aliphatic carbocycles. The number of halogens is 4. The second-order valence-corrected chi connectivity index (χ2v) is 8.61. The number of Topliss-reactive ketones (excluding diaryl/α,β-unsaturated/α-hetero) is 1. The summed E-state index contributed by atoms with van der Waals surface area (Å²) >= 11 is 0. The van der Waals surface area contributed by atoms with Crippen molar-refractivity contribution in [3.05, 3.63) is 35.6 Å². The molecule has 0 spiro atoms.